The van der Waals surface area contributed by atoms with Crippen molar-refractivity contribution in [2.75, 3.05) is 0 Å². The SMILES string of the molecule is CC(C)(c1ccc(OOP(OP)OP)cc1)c1ccc(OP=O)cc1. The van der Waals surface area contributed by atoms with Crippen LogP contribution in [0.1, 0.15) is 25.0 Å². The lowest BCUT2D eigenvalue weighted by Gasteiger charge is -2.26. The summed E-state index contributed by atoms with van der Waals surface area (Å²) >= 11 is 0. The van der Waals surface area contributed by atoms with Gasteiger partial charge >= 0.3 is 17.3 Å². The molecule has 0 bridgehead atoms. The summed E-state index contributed by atoms with van der Waals surface area (Å²) in [5.74, 6) is 1.09. The summed E-state index contributed by atoms with van der Waals surface area (Å²) in [5, 5.41) is 0. The third kappa shape index (κ3) is 5.64. The van der Waals surface area contributed by atoms with Gasteiger partial charge in [0.1, 0.15) is 5.75 Å². The Hall–Kier alpha value is -0.690. The van der Waals surface area contributed by atoms with Crippen LogP contribution in [0.25, 0.3) is 0 Å². The minimum absolute atomic E-state index is 0.230. The molecule has 2 aromatic rings. The van der Waals surface area contributed by atoms with Gasteiger partial charge in [-0.05, 0) is 35.4 Å². The molecule has 0 aliphatic rings. The summed E-state index contributed by atoms with van der Waals surface area (Å²) in [6.07, 6.45) is 0. The standard InChI is InChI=1S/C15H18O6P4/c1-15(2,12-5-9-14(10-6-12)18-24-16)11-3-7-13(8-4-11)17-19-25(20-22)21-23/h3-10H,22-23H2,1-2H3. The van der Waals surface area contributed by atoms with E-state index in [4.69, 9.17) is 22.7 Å². The van der Waals surface area contributed by atoms with Gasteiger partial charge in [0, 0.05) is 24.3 Å². The molecule has 0 saturated heterocycles. The molecule has 0 N–H and O–H groups in total. The first-order valence-corrected chi connectivity index (χ1v) is 9.87. The molecule has 0 aromatic heterocycles. The van der Waals surface area contributed by atoms with Crippen LogP contribution >= 0.6 is 36.2 Å². The Bertz CT molecular complexity index is 673. The van der Waals surface area contributed by atoms with Crippen molar-refractivity contribution < 1.29 is 27.3 Å². The van der Waals surface area contributed by atoms with Crippen molar-refractivity contribution >= 4 is 36.2 Å². The molecule has 0 amide bonds. The Balaban J connectivity index is 2.09. The van der Waals surface area contributed by atoms with Crippen LogP contribution in [-0.2, 0) is 23.3 Å². The summed E-state index contributed by atoms with van der Waals surface area (Å²) in [6, 6.07) is 15.0. The average molecular weight is 418 g/mol. The Morgan fingerprint density at radius 1 is 0.880 bits per heavy atom. The van der Waals surface area contributed by atoms with E-state index in [-0.39, 0.29) is 14.1 Å². The predicted octanol–water partition coefficient (Wildman–Crippen LogP) is 5.75. The molecule has 0 fully saturated rings. The zero-order chi connectivity index (χ0) is 18.3. The molecule has 0 spiro atoms. The minimum atomic E-state index is -1.58. The van der Waals surface area contributed by atoms with Crippen molar-refractivity contribution in [3.8, 4) is 11.5 Å². The normalized spacial score (nSPS) is 11.7. The van der Waals surface area contributed by atoms with E-state index in [2.05, 4.69) is 32.8 Å². The zero-order valence-electron chi connectivity index (χ0n) is 13.6. The van der Waals surface area contributed by atoms with Gasteiger partial charge in [0.15, 0.2) is 5.75 Å². The van der Waals surface area contributed by atoms with Gasteiger partial charge < -0.3 is 9.41 Å². The highest BCUT2D eigenvalue weighted by molar-refractivity contribution is 7.51. The molecule has 0 radical (unpaired) electrons. The van der Waals surface area contributed by atoms with E-state index in [1.807, 2.05) is 36.4 Å². The van der Waals surface area contributed by atoms with Crippen LogP contribution in [0, 0.1) is 0 Å². The van der Waals surface area contributed by atoms with Gasteiger partial charge in [-0.25, -0.2) is 4.57 Å². The smallest absolute Gasteiger partial charge is 0.395 e. The number of hydrogen-bond acceptors (Lipinski definition) is 6. The molecule has 6 nitrogen and oxygen atoms in total. The van der Waals surface area contributed by atoms with Gasteiger partial charge in [0.2, 0.25) is 0 Å². The summed E-state index contributed by atoms with van der Waals surface area (Å²) in [4.78, 5) is 5.17. The topological polar surface area (TPSA) is 63.2 Å². The van der Waals surface area contributed by atoms with Crippen LogP contribution in [0.5, 0.6) is 11.5 Å². The van der Waals surface area contributed by atoms with E-state index in [1.165, 1.54) is 0 Å². The molecule has 134 valence electrons. The van der Waals surface area contributed by atoms with Crippen LogP contribution in [0.3, 0.4) is 0 Å². The molecule has 2 aromatic carbocycles. The molecular formula is C15H18O6P4. The van der Waals surface area contributed by atoms with E-state index >= 15 is 0 Å². The molecule has 2 rings (SSSR count). The third-order valence-electron chi connectivity index (χ3n) is 3.66. The highest BCUT2D eigenvalue weighted by Gasteiger charge is 2.23. The second kappa shape index (κ2) is 9.86. The van der Waals surface area contributed by atoms with E-state index in [1.54, 1.807) is 12.1 Å². The van der Waals surface area contributed by atoms with Gasteiger partial charge in [-0.1, -0.05) is 38.1 Å². The lowest BCUT2D eigenvalue weighted by molar-refractivity contribution is -0.105. The summed E-state index contributed by atoms with van der Waals surface area (Å²) in [6.45, 7) is 4.23. The van der Waals surface area contributed by atoms with Crippen LogP contribution in [0.15, 0.2) is 48.5 Å². The Morgan fingerprint density at radius 3 is 1.80 bits per heavy atom. The molecule has 25 heavy (non-hydrogen) atoms. The lowest BCUT2D eigenvalue weighted by Crippen LogP contribution is -2.18. The Kier molecular flexibility index (Phi) is 8.13. The first kappa shape index (κ1) is 20.6. The van der Waals surface area contributed by atoms with Gasteiger partial charge in [-0.2, -0.15) is 0 Å². The zero-order valence-corrected chi connectivity index (χ0v) is 17.7. The third-order valence-corrected chi connectivity index (χ3v) is 5.52. The average Bonchev–Trinajstić information content (AvgIpc) is 2.64. The van der Waals surface area contributed by atoms with E-state index in [0.717, 1.165) is 11.1 Å². The van der Waals surface area contributed by atoms with E-state index in [0.29, 0.717) is 11.5 Å². The molecule has 0 aliphatic carbocycles. The molecule has 2 atom stereocenters. The summed E-state index contributed by atoms with van der Waals surface area (Å²) in [5.41, 5.74) is 1.97. The van der Waals surface area contributed by atoms with Gasteiger partial charge in [0.05, 0.1) is 0 Å². The van der Waals surface area contributed by atoms with Gasteiger partial charge in [-0.3, -0.25) is 8.62 Å². The van der Waals surface area contributed by atoms with E-state index in [9.17, 15) is 4.57 Å². The van der Waals surface area contributed by atoms with Crippen LogP contribution in [0.2, 0.25) is 0 Å². The number of hydrogen-bond donors (Lipinski definition) is 0. The fourth-order valence-corrected chi connectivity index (χ4v) is 3.48. The molecule has 10 heteroatoms. The first-order chi connectivity index (χ1) is 12.0. The monoisotopic (exact) mass is 418 g/mol. The summed E-state index contributed by atoms with van der Waals surface area (Å²) < 4.78 is 30.1. The minimum Gasteiger partial charge on any atom is -0.408 e. The van der Waals surface area contributed by atoms with Crippen molar-refractivity contribution in [3.05, 3.63) is 59.7 Å². The highest BCUT2D eigenvalue weighted by Crippen LogP contribution is 2.44. The maximum absolute atomic E-state index is 10.5. The maximum Gasteiger partial charge on any atom is 0.395 e. The fourth-order valence-electron chi connectivity index (χ4n) is 2.20. The molecule has 0 saturated carbocycles. The first-order valence-electron chi connectivity index (χ1n) is 7.10. The van der Waals surface area contributed by atoms with Crippen molar-refractivity contribution in [2.24, 2.45) is 0 Å². The molecular weight excluding hydrogens is 400 g/mol. The molecule has 2 unspecified atom stereocenters. The van der Waals surface area contributed by atoms with Crippen molar-refractivity contribution in [1.29, 1.82) is 0 Å². The number of rotatable bonds is 9. The molecule has 0 heterocycles. The predicted molar refractivity (Wildman–Crippen MR) is 103 cm³/mol. The number of benzene rings is 2. The maximum atomic E-state index is 10.5. The van der Waals surface area contributed by atoms with Crippen molar-refractivity contribution in [3.63, 3.8) is 0 Å². The molecule has 0 aliphatic heterocycles. The van der Waals surface area contributed by atoms with Crippen molar-refractivity contribution in [1.82, 2.24) is 0 Å². The van der Waals surface area contributed by atoms with Crippen LogP contribution in [-0.4, -0.2) is 0 Å². The fraction of sp³-hybridized carbons (Fsp3) is 0.200. The van der Waals surface area contributed by atoms with Gasteiger partial charge in [-0.15, -0.1) is 4.67 Å². The van der Waals surface area contributed by atoms with Crippen LogP contribution in [0.4, 0.5) is 0 Å². The van der Waals surface area contributed by atoms with Crippen molar-refractivity contribution in [2.45, 2.75) is 19.3 Å². The lowest BCUT2D eigenvalue weighted by atomic mass is 9.78. The quantitative estimate of drug-likeness (QED) is 0.294. The Labute approximate surface area is 154 Å². The van der Waals surface area contributed by atoms with Crippen LogP contribution < -0.4 is 9.41 Å². The largest absolute Gasteiger partial charge is 0.408 e. The second-order valence-electron chi connectivity index (χ2n) is 5.43. The summed E-state index contributed by atoms with van der Waals surface area (Å²) in [7, 11) is 2.16. The Morgan fingerprint density at radius 2 is 1.36 bits per heavy atom. The van der Waals surface area contributed by atoms with E-state index < -0.39 is 8.60 Å². The van der Waals surface area contributed by atoms with Gasteiger partial charge in [0.25, 0.3) is 0 Å². The second-order valence-corrected chi connectivity index (χ2v) is 8.05. The highest BCUT2D eigenvalue weighted by atomic mass is 31.2.